The second-order valence-electron chi connectivity index (χ2n) is 10.4. The SMILES string of the molecule is CC1(C)OB(c2ccc3c(c2)-c2ccccc2[Si]3(c2ccccc2)c2ccccc2)OC1(C)C. The second kappa shape index (κ2) is 7.54. The van der Waals surface area contributed by atoms with Gasteiger partial charge in [0.1, 0.15) is 0 Å². The normalized spacial score (nSPS) is 19.0. The van der Waals surface area contributed by atoms with Crippen molar-refractivity contribution in [3.05, 3.63) is 103 Å². The van der Waals surface area contributed by atoms with E-state index in [2.05, 4.69) is 131 Å². The highest BCUT2D eigenvalue weighted by atomic mass is 28.3. The Balaban J connectivity index is 1.61. The fourth-order valence-corrected chi connectivity index (χ4v) is 10.8. The molecule has 0 atom stereocenters. The third kappa shape index (κ3) is 2.96. The molecule has 2 heterocycles. The van der Waals surface area contributed by atoms with Gasteiger partial charge in [-0.15, -0.1) is 0 Å². The first-order valence-electron chi connectivity index (χ1n) is 12.1. The molecule has 0 bridgehead atoms. The fourth-order valence-electron chi connectivity index (χ4n) is 5.59. The highest BCUT2D eigenvalue weighted by molar-refractivity contribution is 7.22. The minimum Gasteiger partial charge on any atom is -0.399 e. The smallest absolute Gasteiger partial charge is 0.399 e. The van der Waals surface area contributed by atoms with Crippen molar-refractivity contribution >= 4 is 41.4 Å². The third-order valence-electron chi connectivity index (χ3n) is 8.01. The number of rotatable bonds is 3. The second-order valence-corrected chi connectivity index (χ2v) is 14.2. The summed E-state index contributed by atoms with van der Waals surface area (Å²) in [5.74, 6) is 0. The lowest BCUT2D eigenvalue weighted by Crippen LogP contribution is -2.72. The summed E-state index contributed by atoms with van der Waals surface area (Å²) in [5.41, 5.74) is 3.00. The Morgan fingerprint density at radius 2 is 1.06 bits per heavy atom. The Bertz CT molecular complexity index is 1310. The highest BCUT2D eigenvalue weighted by Crippen LogP contribution is 2.37. The van der Waals surface area contributed by atoms with Gasteiger partial charge in [-0.25, -0.2) is 0 Å². The molecule has 1 fully saturated rings. The first-order valence-corrected chi connectivity index (χ1v) is 14.1. The van der Waals surface area contributed by atoms with E-state index in [0.717, 1.165) is 5.46 Å². The van der Waals surface area contributed by atoms with Gasteiger partial charge in [0.25, 0.3) is 0 Å². The summed E-state index contributed by atoms with van der Waals surface area (Å²) < 4.78 is 12.8. The van der Waals surface area contributed by atoms with Crippen molar-refractivity contribution in [3.8, 4) is 11.1 Å². The molecule has 0 unspecified atom stereocenters. The summed E-state index contributed by atoms with van der Waals surface area (Å²) in [6, 6.07) is 38.0. The maximum absolute atomic E-state index is 6.41. The lowest BCUT2D eigenvalue weighted by molar-refractivity contribution is 0.00578. The summed E-state index contributed by atoms with van der Waals surface area (Å²) in [6.45, 7) is 8.44. The third-order valence-corrected chi connectivity index (χ3v) is 12.9. The van der Waals surface area contributed by atoms with E-state index in [1.165, 1.54) is 31.9 Å². The minimum atomic E-state index is -2.43. The van der Waals surface area contributed by atoms with Gasteiger partial charge in [0.15, 0.2) is 8.07 Å². The molecule has 0 aliphatic carbocycles. The maximum atomic E-state index is 6.41. The van der Waals surface area contributed by atoms with Gasteiger partial charge in [0, 0.05) is 0 Å². The summed E-state index contributed by atoms with van der Waals surface area (Å²) in [5, 5.41) is 5.71. The monoisotopic (exact) mass is 460 g/mol. The predicted molar refractivity (Wildman–Crippen MR) is 145 cm³/mol. The average molecular weight is 460 g/mol. The van der Waals surface area contributed by atoms with E-state index in [1.54, 1.807) is 0 Å². The number of benzene rings is 4. The predicted octanol–water partition coefficient (Wildman–Crippen LogP) is 3.34. The Labute approximate surface area is 203 Å². The average Bonchev–Trinajstić information content (AvgIpc) is 3.27. The molecule has 0 amide bonds. The van der Waals surface area contributed by atoms with Crippen molar-refractivity contribution in [2.24, 2.45) is 0 Å². The molecular weight excluding hydrogens is 431 g/mol. The molecule has 4 aromatic rings. The molecule has 0 N–H and O–H groups in total. The molecule has 34 heavy (non-hydrogen) atoms. The molecule has 6 rings (SSSR count). The summed E-state index contributed by atoms with van der Waals surface area (Å²) in [4.78, 5) is 0. The quantitative estimate of drug-likeness (QED) is 0.385. The van der Waals surface area contributed by atoms with Crippen LogP contribution in [0.1, 0.15) is 27.7 Å². The molecule has 2 aliphatic heterocycles. The zero-order valence-corrected chi connectivity index (χ0v) is 21.2. The van der Waals surface area contributed by atoms with Crippen LogP contribution in [0.4, 0.5) is 0 Å². The Morgan fingerprint density at radius 1 is 0.559 bits per heavy atom. The molecule has 2 nitrogen and oxygen atoms in total. The number of fused-ring (bicyclic) bond motifs is 3. The van der Waals surface area contributed by atoms with E-state index in [1.807, 2.05) is 0 Å². The first-order chi connectivity index (χ1) is 16.3. The van der Waals surface area contributed by atoms with Crippen LogP contribution >= 0.6 is 0 Å². The van der Waals surface area contributed by atoms with Crippen molar-refractivity contribution in [2.75, 3.05) is 0 Å². The van der Waals surface area contributed by atoms with Gasteiger partial charge in [-0.1, -0.05) is 103 Å². The summed E-state index contributed by atoms with van der Waals surface area (Å²) >= 11 is 0. The Morgan fingerprint density at radius 3 is 1.65 bits per heavy atom. The molecule has 0 saturated carbocycles. The highest BCUT2D eigenvalue weighted by Gasteiger charge is 2.53. The van der Waals surface area contributed by atoms with Crippen LogP contribution in [-0.4, -0.2) is 26.4 Å². The van der Waals surface area contributed by atoms with Crippen molar-refractivity contribution in [1.82, 2.24) is 0 Å². The van der Waals surface area contributed by atoms with Crippen LogP contribution in [-0.2, 0) is 9.31 Å². The molecule has 0 spiro atoms. The lowest BCUT2D eigenvalue weighted by atomic mass is 9.78. The van der Waals surface area contributed by atoms with Crippen molar-refractivity contribution in [2.45, 2.75) is 38.9 Å². The van der Waals surface area contributed by atoms with Gasteiger partial charge < -0.3 is 9.31 Å². The van der Waals surface area contributed by atoms with E-state index >= 15 is 0 Å². The summed E-state index contributed by atoms with van der Waals surface area (Å²) in [6.07, 6.45) is 0. The zero-order valence-electron chi connectivity index (χ0n) is 20.2. The maximum Gasteiger partial charge on any atom is 0.494 e. The fraction of sp³-hybridized carbons (Fsp3) is 0.200. The largest absolute Gasteiger partial charge is 0.494 e. The number of hydrogen-bond donors (Lipinski definition) is 0. The van der Waals surface area contributed by atoms with Crippen LogP contribution in [0.3, 0.4) is 0 Å². The molecule has 168 valence electrons. The van der Waals surface area contributed by atoms with E-state index in [0.29, 0.717) is 0 Å². The van der Waals surface area contributed by atoms with E-state index < -0.39 is 8.07 Å². The van der Waals surface area contributed by atoms with Crippen molar-refractivity contribution in [1.29, 1.82) is 0 Å². The van der Waals surface area contributed by atoms with Crippen molar-refractivity contribution in [3.63, 3.8) is 0 Å². The molecule has 1 saturated heterocycles. The minimum absolute atomic E-state index is 0.360. The Hall–Kier alpha value is -2.92. The van der Waals surface area contributed by atoms with Gasteiger partial charge in [-0.2, -0.15) is 0 Å². The van der Waals surface area contributed by atoms with E-state index in [9.17, 15) is 0 Å². The van der Waals surface area contributed by atoms with E-state index in [-0.39, 0.29) is 18.3 Å². The Kier molecular flexibility index (Phi) is 4.79. The van der Waals surface area contributed by atoms with Gasteiger partial charge in [-0.05, 0) is 65.0 Å². The van der Waals surface area contributed by atoms with Gasteiger partial charge in [0.2, 0.25) is 0 Å². The van der Waals surface area contributed by atoms with Gasteiger partial charge >= 0.3 is 7.12 Å². The molecule has 0 aromatic heterocycles. The molecular formula is C30H29BO2Si. The van der Waals surface area contributed by atoms with Crippen LogP contribution in [0.5, 0.6) is 0 Å². The van der Waals surface area contributed by atoms with Crippen LogP contribution in [0.25, 0.3) is 11.1 Å². The van der Waals surface area contributed by atoms with Crippen LogP contribution in [0.2, 0.25) is 0 Å². The first kappa shape index (κ1) is 21.6. The van der Waals surface area contributed by atoms with Crippen LogP contribution in [0, 0.1) is 0 Å². The summed E-state index contributed by atoms with van der Waals surface area (Å²) in [7, 11) is -2.79. The number of hydrogen-bond acceptors (Lipinski definition) is 2. The van der Waals surface area contributed by atoms with Crippen molar-refractivity contribution < 1.29 is 9.31 Å². The standard InChI is InChI=1S/C30H29BO2Si/c1-29(2)30(3,4)33-31(32-29)22-19-20-28-26(21-22)25-17-11-12-18-27(25)34(28,23-13-7-5-8-14-23)24-15-9-6-10-16-24/h5-21H,1-4H3. The van der Waals surface area contributed by atoms with E-state index in [4.69, 9.17) is 9.31 Å². The van der Waals surface area contributed by atoms with Gasteiger partial charge in [0.05, 0.1) is 11.2 Å². The molecule has 2 aliphatic rings. The topological polar surface area (TPSA) is 18.5 Å². The van der Waals surface area contributed by atoms with Crippen LogP contribution in [0.15, 0.2) is 103 Å². The molecule has 4 aromatic carbocycles. The molecule has 4 heteroatoms. The molecule has 0 radical (unpaired) electrons. The zero-order chi connectivity index (χ0) is 23.6. The van der Waals surface area contributed by atoms with Gasteiger partial charge in [-0.3, -0.25) is 0 Å². The lowest BCUT2D eigenvalue weighted by Gasteiger charge is -2.32. The van der Waals surface area contributed by atoms with Crippen LogP contribution < -0.4 is 26.2 Å².